The van der Waals surface area contributed by atoms with Crippen LogP contribution in [-0.4, -0.2) is 50.5 Å². The summed E-state index contributed by atoms with van der Waals surface area (Å²) in [6.45, 7) is 7.07. The van der Waals surface area contributed by atoms with Crippen molar-refractivity contribution in [2.24, 2.45) is 0 Å². The third-order valence-electron chi connectivity index (χ3n) is 4.45. The van der Waals surface area contributed by atoms with Crippen molar-refractivity contribution in [2.75, 3.05) is 45.4 Å². The van der Waals surface area contributed by atoms with Crippen LogP contribution in [0, 0.1) is 13.8 Å². The van der Waals surface area contributed by atoms with Crippen LogP contribution in [-0.2, 0) is 9.47 Å². The second-order valence-electron chi connectivity index (χ2n) is 6.32. The minimum atomic E-state index is 0.637. The largest absolute Gasteiger partial charge is 0.383 e. The third kappa shape index (κ3) is 3.87. The van der Waals surface area contributed by atoms with Crippen molar-refractivity contribution in [3.8, 4) is 11.1 Å². The van der Waals surface area contributed by atoms with Crippen LogP contribution in [0.25, 0.3) is 21.3 Å². The molecule has 3 rings (SSSR count). The fourth-order valence-electron chi connectivity index (χ4n) is 3.14. The second-order valence-corrected chi connectivity index (χ2v) is 7.18. The molecule has 0 spiro atoms. The molecule has 0 amide bonds. The predicted octanol–water partition coefficient (Wildman–Crippen LogP) is 4.07. The number of aryl methyl sites for hydroxylation is 2. The maximum absolute atomic E-state index is 5.29. The molecule has 2 heterocycles. The zero-order valence-electron chi connectivity index (χ0n) is 15.8. The molecule has 26 heavy (non-hydrogen) atoms. The molecule has 0 saturated heterocycles. The van der Waals surface area contributed by atoms with Crippen molar-refractivity contribution in [3.05, 3.63) is 41.0 Å². The maximum Gasteiger partial charge on any atom is 0.141 e. The summed E-state index contributed by atoms with van der Waals surface area (Å²) in [5.74, 6) is 0.945. The van der Waals surface area contributed by atoms with E-state index in [-0.39, 0.29) is 0 Å². The van der Waals surface area contributed by atoms with E-state index in [2.05, 4.69) is 52.3 Å². The zero-order chi connectivity index (χ0) is 18.5. The molecule has 0 aliphatic rings. The number of hydrogen-bond donors (Lipinski definition) is 0. The molecular formula is C20H25N3O2S. The molecule has 6 heteroatoms. The van der Waals surface area contributed by atoms with Gasteiger partial charge in [-0.25, -0.2) is 9.97 Å². The standard InChI is InChI=1S/C20H25N3O2S/c1-14-5-6-16(15(2)11-14)17-12-26-20-18(17)19(21-13-22-20)23(7-9-24-3)8-10-25-4/h5-6,11-13H,7-10H2,1-4H3. The van der Waals surface area contributed by atoms with Crippen LogP contribution in [0.3, 0.4) is 0 Å². The minimum Gasteiger partial charge on any atom is -0.383 e. The van der Waals surface area contributed by atoms with E-state index in [0.717, 1.165) is 29.1 Å². The second kappa shape index (κ2) is 8.58. The van der Waals surface area contributed by atoms with Gasteiger partial charge in [0.1, 0.15) is 17.0 Å². The van der Waals surface area contributed by atoms with Crippen molar-refractivity contribution in [2.45, 2.75) is 13.8 Å². The summed E-state index contributed by atoms with van der Waals surface area (Å²) in [5, 5.41) is 3.29. The highest BCUT2D eigenvalue weighted by Crippen LogP contribution is 2.39. The molecule has 1 aromatic carbocycles. The van der Waals surface area contributed by atoms with Crippen molar-refractivity contribution in [3.63, 3.8) is 0 Å². The molecule has 0 aliphatic heterocycles. The van der Waals surface area contributed by atoms with Gasteiger partial charge in [-0.15, -0.1) is 11.3 Å². The van der Waals surface area contributed by atoms with E-state index in [0.29, 0.717) is 13.2 Å². The number of rotatable bonds is 8. The number of methoxy groups -OCH3 is 2. The Morgan fingerprint density at radius 3 is 2.38 bits per heavy atom. The highest BCUT2D eigenvalue weighted by molar-refractivity contribution is 7.17. The van der Waals surface area contributed by atoms with Gasteiger partial charge in [0.2, 0.25) is 0 Å². The minimum absolute atomic E-state index is 0.637. The normalized spacial score (nSPS) is 11.2. The summed E-state index contributed by atoms with van der Waals surface area (Å²) < 4.78 is 10.6. The first kappa shape index (κ1) is 18.8. The number of benzene rings is 1. The van der Waals surface area contributed by atoms with Crippen LogP contribution in [0.4, 0.5) is 5.82 Å². The van der Waals surface area contributed by atoms with E-state index >= 15 is 0 Å². The quantitative estimate of drug-likeness (QED) is 0.597. The summed E-state index contributed by atoms with van der Waals surface area (Å²) in [7, 11) is 3.44. The van der Waals surface area contributed by atoms with Crippen LogP contribution in [0.2, 0.25) is 0 Å². The first-order chi connectivity index (χ1) is 12.7. The molecular weight excluding hydrogens is 346 g/mol. The van der Waals surface area contributed by atoms with Gasteiger partial charge >= 0.3 is 0 Å². The topological polar surface area (TPSA) is 47.5 Å². The smallest absolute Gasteiger partial charge is 0.141 e. The average molecular weight is 372 g/mol. The highest BCUT2D eigenvalue weighted by Gasteiger charge is 2.18. The Morgan fingerprint density at radius 1 is 1.00 bits per heavy atom. The molecule has 0 unspecified atom stereocenters. The lowest BCUT2D eigenvalue weighted by Gasteiger charge is -2.24. The van der Waals surface area contributed by atoms with E-state index < -0.39 is 0 Å². The lowest BCUT2D eigenvalue weighted by molar-refractivity contribution is 0.190. The Labute approximate surface area is 158 Å². The number of thiophene rings is 1. The monoisotopic (exact) mass is 371 g/mol. The highest BCUT2D eigenvalue weighted by atomic mass is 32.1. The Hall–Kier alpha value is -2.02. The molecule has 0 aliphatic carbocycles. The van der Waals surface area contributed by atoms with Crippen molar-refractivity contribution >= 4 is 27.4 Å². The SMILES string of the molecule is COCCN(CCOC)c1ncnc2scc(-c3ccc(C)cc3C)c12. The summed E-state index contributed by atoms with van der Waals surface area (Å²) in [6.07, 6.45) is 1.65. The summed E-state index contributed by atoms with van der Waals surface area (Å²) >= 11 is 1.66. The predicted molar refractivity (Wildman–Crippen MR) is 108 cm³/mol. The molecule has 0 N–H and O–H groups in total. The van der Waals surface area contributed by atoms with Gasteiger partial charge in [0, 0.05) is 38.3 Å². The number of anilines is 1. The maximum atomic E-state index is 5.29. The van der Waals surface area contributed by atoms with Gasteiger partial charge in [0.25, 0.3) is 0 Å². The summed E-state index contributed by atoms with van der Waals surface area (Å²) in [6, 6.07) is 6.57. The van der Waals surface area contributed by atoms with Gasteiger partial charge < -0.3 is 14.4 Å². The van der Waals surface area contributed by atoms with Crippen molar-refractivity contribution in [1.82, 2.24) is 9.97 Å². The van der Waals surface area contributed by atoms with Gasteiger partial charge in [0.05, 0.1) is 18.6 Å². The lowest BCUT2D eigenvalue weighted by atomic mass is 9.99. The van der Waals surface area contributed by atoms with E-state index in [1.54, 1.807) is 31.9 Å². The lowest BCUT2D eigenvalue weighted by Crippen LogP contribution is -2.31. The Balaban J connectivity index is 2.12. The molecule has 0 atom stereocenters. The number of fused-ring (bicyclic) bond motifs is 1. The van der Waals surface area contributed by atoms with Crippen LogP contribution in [0.1, 0.15) is 11.1 Å². The van der Waals surface area contributed by atoms with Crippen molar-refractivity contribution in [1.29, 1.82) is 0 Å². The molecule has 0 fully saturated rings. The van der Waals surface area contributed by atoms with Crippen LogP contribution in [0.5, 0.6) is 0 Å². The Kier molecular flexibility index (Phi) is 6.19. The first-order valence-electron chi connectivity index (χ1n) is 8.68. The van der Waals surface area contributed by atoms with E-state index in [4.69, 9.17) is 9.47 Å². The molecule has 3 aromatic rings. The Morgan fingerprint density at radius 2 is 1.73 bits per heavy atom. The number of hydrogen-bond acceptors (Lipinski definition) is 6. The Bertz CT molecular complexity index is 871. The number of aromatic nitrogens is 2. The first-order valence-corrected chi connectivity index (χ1v) is 9.56. The van der Waals surface area contributed by atoms with Crippen molar-refractivity contribution < 1.29 is 9.47 Å². The molecule has 0 radical (unpaired) electrons. The van der Waals surface area contributed by atoms with Crippen LogP contribution >= 0.6 is 11.3 Å². The van der Waals surface area contributed by atoms with E-state index in [1.165, 1.54) is 22.3 Å². The fraction of sp³-hybridized carbons (Fsp3) is 0.400. The van der Waals surface area contributed by atoms with Gasteiger partial charge in [0.15, 0.2) is 0 Å². The average Bonchev–Trinajstić information content (AvgIpc) is 3.06. The van der Waals surface area contributed by atoms with E-state index in [9.17, 15) is 0 Å². The summed E-state index contributed by atoms with van der Waals surface area (Å²) in [5.41, 5.74) is 4.96. The van der Waals surface area contributed by atoms with Gasteiger partial charge in [-0.3, -0.25) is 0 Å². The molecule has 2 aromatic heterocycles. The summed E-state index contributed by atoms with van der Waals surface area (Å²) in [4.78, 5) is 12.3. The van der Waals surface area contributed by atoms with Crippen LogP contribution < -0.4 is 4.90 Å². The van der Waals surface area contributed by atoms with E-state index in [1.807, 2.05) is 0 Å². The molecule has 138 valence electrons. The van der Waals surface area contributed by atoms with Crippen LogP contribution in [0.15, 0.2) is 29.9 Å². The zero-order valence-corrected chi connectivity index (χ0v) is 16.6. The molecule has 0 bridgehead atoms. The molecule has 5 nitrogen and oxygen atoms in total. The van der Waals surface area contributed by atoms with Gasteiger partial charge in [-0.1, -0.05) is 23.8 Å². The third-order valence-corrected chi connectivity index (χ3v) is 5.34. The fourth-order valence-corrected chi connectivity index (χ4v) is 4.04. The van der Waals surface area contributed by atoms with Gasteiger partial charge in [-0.2, -0.15) is 0 Å². The molecule has 0 saturated carbocycles. The number of ether oxygens (including phenoxy) is 2. The van der Waals surface area contributed by atoms with Gasteiger partial charge in [-0.05, 0) is 25.0 Å². The number of nitrogens with zero attached hydrogens (tertiary/aromatic N) is 3.